The third-order valence-electron chi connectivity index (χ3n) is 4.30. The summed E-state index contributed by atoms with van der Waals surface area (Å²) in [6, 6.07) is 12.4. The summed E-state index contributed by atoms with van der Waals surface area (Å²) < 4.78 is 13.0. The molecule has 5 nitrogen and oxygen atoms in total. The van der Waals surface area contributed by atoms with Crippen LogP contribution in [-0.2, 0) is 0 Å². The summed E-state index contributed by atoms with van der Waals surface area (Å²) in [5.41, 5.74) is 7.30. The molecule has 1 aliphatic rings. The highest BCUT2D eigenvalue weighted by Crippen LogP contribution is 2.14. The van der Waals surface area contributed by atoms with E-state index in [1.165, 1.54) is 24.3 Å². The van der Waals surface area contributed by atoms with Gasteiger partial charge in [-0.2, -0.15) is 0 Å². The molecule has 0 bridgehead atoms. The van der Waals surface area contributed by atoms with Crippen molar-refractivity contribution in [1.82, 2.24) is 9.80 Å². The molecule has 2 amide bonds. The highest BCUT2D eigenvalue weighted by molar-refractivity contribution is 5.96. The predicted octanol–water partition coefficient (Wildman–Crippen LogP) is 2.82. The van der Waals surface area contributed by atoms with E-state index in [9.17, 15) is 14.0 Å². The first-order valence-electron chi connectivity index (χ1n) is 8.24. The normalized spacial score (nSPS) is 14.3. The summed E-state index contributed by atoms with van der Waals surface area (Å²) >= 11 is 0. The van der Waals surface area contributed by atoms with E-state index in [0.29, 0.717) is 49.4 Å². The molecular weight excluding hydrogens is 357 g/mol. The molecule has 0 radical (unpaired) electrons. The Morgan fingerprint density at radius 1 is 0.846 bits per heavy atom. The third-order valence-corrected chi connectivity index (χ3v) is 4.30. The summed E-state index contributed by atoms with van der Waals surface area (Å²) in [6.07, 6.45) is 0.695. The third kappa shape index (κ3) is 4.52. The van der Waals surface area contributed by atoms with Crippen LogP contribution in [-0.4, -0.2) is 47.8 Å². The number of nitrogen functional groups attached to an aromatic ring is 1. The molecule has 1 aliphatic heterocycles. The van der Waals surface area contributed by atoms with Crippen LogP contribution in [0.2, 0.25) is 0 Å². The van der Waals surface area contributed by atoms with Gasteiger partial charge in [-0.05, 0) is 48.9 Å². The number of anilines is 1. The summed E-state index contributed by atoms with van der Waals surface area (Å²) in [6.45, 7) is 2.06. The molecule has 26 heavy (non-hydrogen) atoms. The molecule has 2 aromatic rings. The standard InChI is InChI=1S/C19H20FN3O2.ClH/c20-16-7-5-14(6-8-16)18(24)22-9-2-10-23(12-11-22)19(25)15-3-1-4-17(21)13-15;/h1,3-8,13H,2,9-12,21H2;1H. The van der Waals surface area contributed by atoms with Gasteiger partial charge in [-0.3, -0.25) is 9.59 Å². The van der Waals surface area contributed by atoms with Gasteiger partial charge in [0.05, 0.1) is 0 Å². The van der Waals surface area contributed by atoms with Gasteiger partial charge in [0.2, 0.25) is 0 Å². The molecule has 1 fully saturated rings. The van der Waals surface area contributed by atoms with Crippen LogP contribution in [0.4, 0.5) is 10.1 Å². The van der Waals surface area contributed by atoms with Crippen molar-refractivity contribution >= 4 is 29.9 Å². The minimum Gasteiger partial charge on any atom is -0.399 e. The van der Waals surface area contributed by atoms with Gasteiger partial charge in [-0.15, -0.1) is 12.4 Å². The van der Waals surface area contributed by atoms with Gasteiger partial charge in [0, 0.05) is 43.0 Å². The number of benzene rings is 2. The maximum Gasteiger partial charge on any atom is 0.253 e. The average Bonchev–Trinajstić information content (AvgIpc) is 2.87. The van der Waals surface area contributed by atoms with Gasteiger partial charge in [-0.1, -0.05) is 6.07 Å². The first-order valence-corrected chi connectivity index (χ1v) is 8.24. The number of rotatable bonds is 2. The fourth-order valence-corrected chi connectivity index (χ4v) is 2.95. The molecule has 0 aromatic heterocycles. The molecule has 1 heterocycles. The van der Waals surface area contributed by atoms with Crippen LogP contribution in [0.3, 0.4) is 0 Å². The van der Waals surface area contributed by atoms with E-state index in [-0.39, 0.29) is 30.0 Å². The van der Waals surface area contributed by atoms with Crippen LogP contribution in [0.5, 0.6) is 0 Å². The van der Waals surface area contributed by atoms with Crippen molar-refractivity contribution < 1.29 is 14.0 Å². The van der Waals surface area contributed by atoms with Crippen LogP contribution in [0.15, 0.2) is 48.5 Å². The highest BCUT2D eigenvalue weighted by atomic mass is 35.5. The van der Waals surface area contributed by atoms with Crippen molar-refractivity contribution in [3.63, 3.8) is 0 Å². The Morgan fingerprint density at radius 2 is 1.42 bits per heavy atom. The second kappa shape index (κ2) is 8.67. The number of halogens is 2. The van der Waals surface area contributed by atoms with Crippen LogP contribution in [0.25, 0.3) is 0 Å². The number of carbonyl (C=O) groups excluding carboxylic acids is 2. The maximum absolute atomic E-state index is 13.0. The topological polar surface area (TPSA) is 66.6 Å². The second-order valence-corrected chi connectivity index (χ2v) is 6.07. The van der Waals surface area contributed by atoms with Crippen molar-refractivity contribution in [1.29, 1.82) is 0 Å². The zero-order valence-electron chi connectivity index (χ0n) is 14.2. The minimum atomic E-state index is -0.369. The Morgan fingerprint density at radius 3 is 2.00 bits per heavy atom. The molecule has 0 spiro atoms. The van der Waals surface area contributed by atoms with E-state index in [4.69, 9.17) is 5.73 Å². The number of hydrogen-bond donors (Lipinski definition) is 1. The Balaban J connectivity index is 0.00000243. The van der Waals surface area contributed by atoms with Gasteiger partial charge < -0.3 is 15.5 Å². The smallest absolute Gasteiger partial charge is 0.253 e. The van der Waals surface area contributed by atoms with Gasteiger partial charge in [-0.25, -0.2) is 4.39 Å². The fraction of sp³-hybridized carbons (Fsp3) is 0.263. The van der Waals surface area contributed by atoms with E-state index in [2.05, 4.69) is 0 Å². The van der Waals surface area contributed by atoms with Crippen molar-refractivity contribution in [2.75, 3.05) is 31.9 Å². The molecule has 138 valence electrons. The first kappa shape index (κ1) is 19.7. The van der Waals surface area contributed by atoms with Gasteiger partial charge in [0.25, 0.3) is 11.8 Å². The van der Waals surface area contributed by atoms with Crippen molar-refractivity contribution in [2.45, 2.75) is 6.42 Å². The van der Waals surface area contributed by atoms with Gasteiger partial charge in [0.15, 0.2) is 0 Å². The predicted molar refractivity (Wildman–Crippen MR) is 101 cm³/mol. The van der Waals surface area contributed by atoms with E-state index < -0.39 is 0 Å². The zero-order chi connectivity index (χ0) is 17.8. The van der Waals surface area contributed by atoms with E-state index in [1.54, 1.807) is 34.1 Å². The maximum atomic E-state index is 13.0. The summed E-state index contributed by atoms with van der Waals surface area (Å²) in [5.74, 6) is -0.590. The van der Waals surface area contributed by atoms with E-state index in [1.807, 2.05) is 0 Å². The Hall–Kier alpha value is -2.60. The molecule has 0 aliphatic carbocycles. The van der Waals surface area contributed by atoms with Crippen LogP contribution in [0.1, 0.15) is 27.1 Å². The largest absolute Gasteiger partial charge is 0.399 e. The molecule has 0 unspecified atom stereocenters. The van der Waals surface area contributed by atoms with Crippen molar-refractivity contribution in [3.8, 4) is 0 Å². The molecule has 2 aromatic carbocycles. The summed E-state index contributed by atoms with van der Waals surface area (Å²) in [5, 5.41) is 0. The van der Waals surface area contributed by atoms with Crippen molar-refractivity contribution in [2.24, 2.45) is 0 Å². The molecule has 3 rings (SSSR count). The number of hydrogen-bond acceptors (Lipinski definition) is 3. The number of carbonyl (C=O) groups is 2. The Labute approximate surface area is 158 Å². The lowest BCUT2D eigenvalue weighted by Gasteiger charge is -2.22. The summed E-state index contributed by atoms with van der Waals surface area (Å²) in [7, 11) is 0. The first-order chi connectivity index (χ1) is 12.0. The molecule has 2 N–H and O–H groups in total. The van der Waals surface area contributed by atoms with E-state index in [0.717, 1.165) is 0 Å². The lowest BCUT2D eigenvalue weighted by atomic mass is 10.1. The zero-order valence-corrected chi connectivity index (χ0v) is 15.0. The van der Waals surface area contributed by atoms with Gasteiger partial charge in [0.1, 0.15) is 5.82 Å². The fourth-order valence-electron chi connectivity index (χ4n) is 2.95. The lowest BCUT2D eigenvalue weighted by molar-refractivity contribution is 0.0719. The number of nitrogens with zero attached hydrogens (tertiary/aromatic N) is 2. The quantitative estimate of drug-likeness (QED) is 0.818. The van der Waals surface area contributed by atoms with Crippen LogP contribution < -0.4 is 5.73 Å². The Kier molecular flexibility index (Phi) is 6.58. The summed E-state index contributed by atoms with van der Waals surface area (Å²) in [4.78, 5) is 28.6. The minimum absolute atomic E-state index is 0. The molecular formula is C19H21ClFN3O2. The van der Waals surface area contributed by atoms with Crippen molar-refractivity contribution in [3.05, 3.63) is 65.5 Å². The molecule has 7 heteroatoms. The highest BCUT2D eigenvalue weighted by Gasteiger charge is 2.23. The molecule has 0 saturated carbocycles. The average molecular weight is 378 g/mol. The molecule has 1 saturated heterocycles. The second-order valence-electron chi connectivity index (χ2n) is 6.07. The SMILES string of the molecule is Cl.Nc1cccc(C(=O)N2CCCN(C(=O)c3ccc(F)cc3)CC2)c1. The number of amides is 2. The van der Waals surface area contributed by atoms with Crippen LogP contribution >= 0.6 is 12.4 Å². The van der Waals surface area contributed by atoms with Gasteiger partial charge >= 0.3 is 0 Å². The van der Waals surface area contributed by atoms with E-state index >= 15 is 0 Å². The lowest BCUT2D eigenvalue weighted by Crippen LogP contribution is -2.37. The molecule has 0 atom stereocenters. The van der Waals surface area contributed by atoms with Crippen LogP contribution in [0, 0.1) is 5.82 Å². The number of nitrogens with two attached hydrogens (primary N) is 1. The Bertz CT molecular complexity index is 783. The monoisotopic (exact) mass is 377 g/mol.